The van der Waals surface area contributed by atoms with Gasteiger partial charge in [0.1, 0.15) is 5.69 Å². The Kier molecular flexibility index (Phi) is 5.27. The van der Waals surface area contributed by atoms with Crippen molar-refractivity contribution in [3.63, 3.8) is 0 Å². The Morgan fingerprint density at radius 3 is 2.54 bits per heavy atom. The second-order valence-corrected chi connectivity index (χ2v) is 6.39. The van der Waals surface area contributed by atoms with Crippen molar-refractivity contribution in [2.45, 2.75) is 25.4 Å². The monoisotopic (exact) mass is 346 g/mol. The van der Waals surface area contributed by atoms with Crippen LogP contribution in [0.3, 0.4) is 0 Å². The van der Waals surface area contributed by atoms with Crippen molar-refractivity contribution in [2.24, 2.45) is 0 Å². The van der Waals surface area contributed by atoms with Gasteiger partial charge in [0.2, 0.25) is 0 Å². The van der Waals surface area contributed by atoms with E-state index in [0.29, 0.717) is 0 Å². The fourth-order valence-corrected chi connectivity index (χ4v) is 2.94. The Hall–Kier alpha value is -2.18. The first kappa shape index (κ1) is 16.7. The summed E-state index contributed by atoms with van der Waals surface area (Å²) in [6, 6.07) is 10.8. The van der Waals surface area contributed by atoms with E-state index in [0.717, 1.165) is 37.5 Å². The lowest BCUT2D eigenvalue weighted by Gasteiger charge is -2.32. The number of rotatable bonds is 4. The summed E-state index contributed by atoms with van der Waals surface area (Å²) in [6.45, 7) is 2.73. The first-order chi connectivity index (χ1) is 11.6. The van der Waals surface area contributed by atoms with Crippen LogP contribution in [0.15, 0.2) is 41.2 Å². The molecule has 0 aliphatic carbocycles. The molecule has 1 aromatic heterocycles. The van der Waals surface area contributed by atoms with Crippen LogP contribution in [-0.4, -0.2) is 40.1 Å². The maximum atomic E-state index is 12.1. The molecule has 7 heteroatoms. The minimum Gasteiger partial charge on any atom is -0.348 e. The minimum atomic E-state index is -0.318. The molecule has 1 aromatic carbocycles. The number of nitrogens with one attached hydrogen (secondary N) is 2. The van der Waals surface area contributed by atoms with E-state index in [1.807, 2.05) is 24.3 Å². The number of benzene rings is 1. The van der Waals surface area contributed by atoms with E-state index in [1.54, 1.807) is 0 Å². The number of hydrogen-bond donors (Lipinski definition) is 2. The SMILES string of the molecule is O=C(NC1CCN(Cc2ccc(Cl)cc2)CC1)c1ccc(=O)[nH]n1. The highest BCUT2D eigenvalue weighted by atomic mass is 35.5. The number of hydrogen-bond acceptors (Lipinski definition) is 4. The van der Waals surface area contributed by atoms with E-state index in [9.17, 15) is 9.59 Å². The number of halogens is 1. The fourth-order valence-electron chi connectivity index (χ4n) is 2.81. The molecule has 2 N–H and O–H groups in total. The molecule has 0 saturated carbocycles. The van der Waals surface area contributed by atoms with E-state index in [2.05, 4.69) is 20.4 Å². The van der Waals surface area contributed by atoms with E-state index in [1.165, 1.54) is 17.7 Å². The Balaban J connectivity index is 1.48. The molecule has 1 saturated heterocycles. The van der Waals surface area contributed by atoms with Crippen LogP contribution in [0.4, 0.5) is 0 Å². The van der Waals surface area contributed by atoms with Gasteiger partial charge in [0.05, 0.1) is 0 Å². The van der Waals surface area contributed by atoms with Gasteiger partial charge in [-0.3, -0.25) is 14.5 Å². The second kappa shape index (κ2) is 7.59. The third-order valence-corrected chi connectivity index (χ3v) is 4.41. The van der Waals surface area contributed by atoms with Crippen molar-refractivity contribution < 1.29 is 4.79 Å². The van der Waals surface area contributed by atoms with E-state index < -0.39 is 0 Å². The third kappa shape index (κ3) is 4.43. The third-order valence-electron chi connectivity index (χ3n) is 4.15. The standard InChI is InChI=1S/C17H19ClN4O2/c18-13-3-1-12(2-4-13)11-22-9-7-14(8-10-22)19-17(24)15-5-6-16(23)21-20-15/h1-6,14H,7-11H2,(H,19,24)(H,21,23). The van der Waals surface area contributed by atoms with Crippen molar-refractivity contribution in [3.05, 3.63) is 63.0 Å². The van der Waals surface area contributed by atoms with Gasteiger partial charge in [-0.2, -0.15) is 5.10 Å². The van der Waals surface area contributed by atoms with Crippen molar-refractivity contribution >= 4 is 17.5 Å². The van der Waals surface area contributed by atoms with Crippen molar-refractivity contribution in [1.82, 2.24) is 20.4 Å². The average molecular weight is 347 g/mol. The lowest BCUT2D eigenvalue weighted by atomic mass is 10.0. The molecule has 0 spiro atoms. The highest BCUT2D eigenvalue weighted by Gasteiger charge is 2.21. The lowest BCUT2D eigenvalue weighted by molar-refractivity contribution is 0.0902. The van der Waals surface area contributed by atoms with Gasteiger partial charge in [0.25, 0.3) is 11.5 Å². The zero-order valence-electron chi connectivity index (χ0n) is 13.2. The van der Waals surface area contributed by atoms with Gasteiger partial charge in [-0.05, 0) is 36.6 Å². The molecule has 1 aliphatic rings. The zero-order chi connectivity index (χ0) is 16.9. The molecule has 1 amide bonds. The number of carbonyl (C=O) groups excluding carboxylic acids is 1. The number of aromatic amines is 1. The maximum absolute atomic E-state index is 12.1. The zero-order valence-corrected chi connectivity index (χ0v) is 13.9. The predicted molar refractivity (Wildman–Crippen MR) is 92.1 cm³/mol. The summed E-state index contributed by atoms with van der Waals surface area (Å²) >= 11 is 5.90. The number of piperidine rings is 1. The first-order valence-corrected chi connectivity index (χ1v) is 8.31. The highest BCUT2D eigenvalue weighted by Crippen LogP contribution is 2.16. The number of nitrogens with zero attached hydrogens (tertiary/aromatic N) is 2. The maximum Gasteiger partial charge on any atom is 0.271 e. The van der Waals surface area contributed by atoms with Crippen LogP contribution in [0.1, 0.15) is 28.9 Å². The summed E-state index contributed by atoms with van der Waals surface area (Å²) in [6.07, 6.45) is 1.78. The quantitative estimate of drug-likeness (QED) is 0.885. The normalized spacial score (nSPS) is 16.0. The van der Waals surface area contributed by atoms with Gasteiger partial charge >= 0.3 is 0 Å². The number of carbonyl (C=O) groups is 1. The second-order valence-electron chi connectivity index (χ2n) is 5.96. The predicted octanol–water partition coefficient (Wildman–Crippen LogP) is 1.82. The van der Waals surface area contributed by atoms with E-state index in [-0.39, 0.29) is 23.2 Å². The largest absolute Gasteiger partial charge is 0.348 e. The molecule has 0 unspecified atom stereocenters. The minimum absolute atomic E-state index is 0.132. The Bertz CT molecular complexity index is 731. The van der Waals surface area contributed by atoms with Crippen LogP contribution < -0.4 is 10.9 Å². The molecule has 1 aliphatic heterocycles. The van der Waals surface area contributed by atoms with Crippen molar-refractivity contribution in [1.29, 1.82) is 0 Å². The highest BCUT2D eigenvalue weighted by molar-refractivity contribution is 6.30. The van der Waals surface area contributed by atoms with Crippen molar-refractivity contribution in [3.8, 4) is 0 Å². The van der Waals surface area contributed by atoms with Gasteiger partial charge in [-0.15, -0.1) is 0 Å². The molecule has 0 radical (unpaired) electrons. The molecule has 1 fully saturated rings. The summed E-state index contributed by atoms with van der Waals surface area (Å²) in [5, 5.41) is 9.75. The smallest absolute Gasteiger partial charge is 0.271 e. The van der Waals surface area contributed by atoms with Gasteiger partial charge in [0.15, 0.2) is 0 Å². The molecule has 0 bridgehead atoms. The average Bonchev–Trinajstić information content (AvgIpc) is 2.59. The number of H-pyrrole nitrogens is 1. The van der Waals surface area contributed by atoms with Crippen molar-refractivity contribution in [2.75, 3.05) is 13.1 Å². The first-order valence-electron chi connectivity index (χ1n) is 7.93. The molecule has 24 heavy (non-hydrogen) atoms. The summed E-state index contributed by atoms with van der Waals surface area (Å²) in [5.74, 6) is -0.248. The summed E-state index contributed by atoms with van der Waals surface area (Å²) in [7, 11) is 0. The Morgan fingerprint density at radius 1 is 1.21 bits per heavy atom. The van der Waals surface area contributed by atoms with Gasteiger partial charge in [0, 0.05) is 36.8 Å². The van der Waals surface area contributed by atoms with E-state index in [4.69, 9.17) is 11.6 Å². The van der Waals surface area contributed by atoms with Gasteiger partial charge in [-0.1, -0.05) is 23.7 Å². The van der Waals surface area contributed by atoms with Gasteiger partial charge < -0.3 is 5.32 Å². The van der Waals surface area contributed by atoms with Gasteiger partial charge in [-0.25, -0.2) is 5.10 Å². The Labute approximate surface area is 144 Å². The van der Waals surface area contributed by atoms with Crippen LogP contribution in [0, 0.1) is 0 Å². The molecule has 6 nitrogen and oxygen atoms in total. The molecule has 0 atom stereocenters. The topological polar surface area (TPSA) is 78.1 Å². The Morgan fingerprint density at radius 2 is 1.92 bits per heavy atom. The van der Waals surface area contributed by atoms with E-state index >= 15 is 0 Å². The lowest BCUT2D eigenvalue weighted by Crippen LogP contribution is -2.44. The number of aromatic nitrogens is 2. The molecular formula is C17H19ClN4O2. The summed E-state index contributed by atoms with van der Waals surface area (Å²) < 4.78 is 0. The van der Waals surface area contributed by atoms with Crippen LogP contribution >= 0.6 is 11.6 Å². The fraction of sp³-hybridized carbons (Fsp3) is 0.353. The number of amides is 1. The van der Waals surface area contributed by atoms with Crippen LogP contribution in [0.2, 0.25) is 5.02 Å². The molecule has 2 aromatic rings. The summed E-state index contributed by atoms with van der Waals surface area (Å²) in [4.78, 5) is 25.4. The summed E-state index contributed by atoms with van der Waals surface area (Å²) in [5.41, 5.74) is 1.15. The molecule has 3 rings (SSSR count). The molecule has 126 valence electrons. The van der Waals surface area contributed by atoms with Crippen LogP contribution in [-0.2, 0) is 6.54 Å². The molecular weight excluding hydrogens is 328 g/mol. The van der Waals surface area contributed by atoms with Crippen LogP contribution in [0.5, 0.6) is 0 Å². The number of likely N-dealkylation sites (tertiary alicyclic amines) is 1. The molecule has 2 heterocycles. The van der Waals surface area contributed by atoms with Crippen LogP contribution in [0.25, 0.3) is 0 Å².